The molecule has 0 aromatic carbocycles. The van der Waals surface area contributed by atoms with E-state index in [0.717, 1.165) is 10.6 Å². The monoisotopic (exact) mass is 288 g/mol. The third kappa shape index (κ3) is 5.98. The molecule has 0 spiro atoms. The Morgan fingerprint density at radius 2 is 1.94 bits per heavy atom. The van der Waals surface area contributed by atoms with E-state index in [1.807, 2.05) is 29.6 Å². The van der Waals surface area contributed by atoms with Crippen LogP contribution in [0.25, 0.3) is 0 Å². The van der Waals surface area contributed by atoms with E-state index in [0.29, 0.717) is 22.7 Å². The van der Waals surface area contributed by atoms with Crippen LogP contribution in [-0.4, -0.2) is 22.0 Å². The molecule has 1 rings (SSSR count). The lowest BCUT2D eigenvalue weighted by Crippen LogP contribution is -1.99. The van der Waals surface area contributed by atoms with E-state index in [1.165, 1.54) is 4.21 Å². The van der Waals surface area contributed by atoms with E-state index in [4.69, 9.17) is 0 Å². The van der Waals surface area contributed by atoms with Crippen LogP contribution < -0.4 is 0 Å². The van der Waals surface area contributed by atoms with Crippen LogP contribution in [0.5, 0.6) is 0 Å². The summed E-state index contributed by atoms with van der Waals surface area (Å²) in [5.41, 5.74) is 0. The fourth-order valence-electron chi connectivity index (χ4n) is 1.28. The summed E-state index contributed by atoms with van der Waals surface area (Å²) >= 11 is 5.31. The largest absolute Gasteiger partial charge is 0.293 e. The fraction of sp³-hybridized carbons (Fsp3) is 0.615. The zero-order valence-electron chi connectivity index (χ0n) is 10.9. The molecule has 0 fully saturated rings. The van der Waals surface area contributed by atoms with Crippen molar-refractivity contribution in [3.63, 3.8) is 0 Å². The van der Waals surface area contributed by atoms with Crippen molar-refractivity contribution in [2.24, 2.45) is 0 Å². The van der Waals surface area contributed by atoms with Crippen molar-refractivity contribution in [1.82, 2.24) is 0 Å². The molecule has 0 radical (unpaired) electrons. The van der Waals surface area contributed by atoms with Crippen molar-refractivity contribution in [2.45, 2.75) is 48.8 Å². The summed E-state index contributed by atoms with van der Waals surface area (Å²) in [6.07, 6.45) is 0.662. The Balaban J connectivity index is 2.43. The lowest BCUT2D eigenvalue weighted by atomic mass is 10.3. The minimum Gasteiger partial charge on any atom is -0.293 e. The first kappa shape index (κ1) is 15.1. The first-order chi connectivity index (χ1) is 7.99. The highest BCUT2D eigenvalue weighted by molar-refractivity contribution is 8.01. The molecule has 0 aliphatic rings. The molecule has 1 heterocycles. The second kappa shape index (κ2) is 7.49. The van der Waals surface area contributed by atoms with E-state index in [2.05, 4.69) is 33.8 Å². The first-order valence-electron chi connectivity index (χ1n) is 5.90. The molecule has 0 aliphatic carbocycles. The second-order valence-electron chi connectivity index (χ2n) is 4.38. The number of carbonyl (C=O) groups is 1. The number of Topliss-reactive ketones (excluding diaryl/α,β-unsaturated/α-hetero) is 1. The Morgan fingerprint density at radius 1 is 1.24 bits per heavy atom. The van der Waals surface area contributed by atoms with Gasteiger partial charge in [0.05, 0.1) is 9.09 Å². The molecule has 1 aromatic heterocycles. The average Bonchev–Trinajstić information content (AvgIpc) is 2.64. The van der Waals surface area contributed by atoms with Gasteiger partial charge in [-0.3, -0.25) is 4.79 Å². The van der Waals surface area contributed by atoms with Gasteiger partial charge in [-0.05, 0) is 17.4 Å². The summed E-state index contributed by atoms with van der Waals surface area (Å²) in [5, 5.41) is 1.19. The molecule has 0 atom stereocenters. The third-order valence-electron chi connectivity index (χ3n) is 1.99. The van der Waals surface area contributed by atoms with Gasteiger partial charge >= 0.3 is 0 Å². The highest BCUT2D eigenvalue weighted by Crippen LogP contribution is 2.31. The molecule has 0 N–H and O–H groups in total. The van der Waals surface area contributed by atoms with Crippen LogP contribution in [0.15, 0.2) is 16.3 Å². The standard InChI is InChI=1S/C13H20OS3/c1-9(2)15-8-7-11(14)12-5-6-13(17-12)16-10(3)4/h5-6,9-10H,7-8H2,1-4H3. The summed E-state index contributed by atoms with van der Waals surface area (Å²) in [7, 11) is 0. The molecule has 96 valence electrons. The molecule has 0 unspecified atom stereocenters. The summed E-state index contributed by atoms with van der Waals surface area (Å²) in [4.78, 5) is 12.8. The van der Waals surface area contributed by atoms with Gasteiger partial charge in [-0.15, -0.1) is 23.1 Å². The Labute approximate surface area is 117 Å². The molecule has 0 aliphatic heterocycles. The number of hydrogen-bond acceptors (Lipinski definition) is 4. The Morgan fingerprint density at radius 3 is 2.53 bits per heavy atom. The van der Waals surface area contributed by atoms with E-state index < -0.39 is 0 Å². The number of hydrogen-bond donors (Lipinski definition) is 0. The van der Waals surface area contributed by atoms with Gasteiger partial charge in [-0.25, -0.2) is 0 Å². The van der Waals surface area contributed by atoms with Crippen molar-refractivity contribution < 1.29 is 4.79 Å². The van der Waals surface area contributed by atoms with Crippen LogP contribution >= 0.6 is 34.9 Å². The lowest BCUT2D eigenvalue weighted by Gasteiger charge is -2.03. The molecule has 4 heteroatoms. The van der Waals surface area contributed by atoms with Crippen LogP contribution in [0.1, 0.15) is 43.8 Å². The molecule has 17 heavy (non-hydrogen) atoms. The SMILES string of the molecule is CC(C)SCCC(=O)c1ccc(SC(C)C)s1. The third-order valence-corrected chi connectivity index (χ3v) is 5.39. The number of carbonyl (C=O) groups excluding carboxylic acids is 1. The van der Waals surface area contributed by atoms with E-state index in [-0.39, 0.29) is 0 Å². The smallest absolute Gasteiger partial charge is 0.173 e. The summed E-state index contributed by atoms with van der Waals surface area (Å²) < 4.78 is 1.25. The van der Waals surface area contributed by atoms with Crippen LogP contribution in [0.4, 0.5) is 0 Å². The van der Waals surface area contributed by atoms with Crippen LogP contribution in [0.3, 0.4) is 0 Å². The normalized spacial score (nSPS) is 11.4. The minimum absolute atomic E-state index is 0.291. The number of thioether (sulfide) groups is 2. The highest BCUT2D eigenvalue weighted by Gasteiger charge is 2.10. The van der Waals surface area contributed by atoms with Gasteiger partial charge in [0.15, 0.2) is 5.78 Å². The van der Waals surface area contributed by atoms with Gasteiger partial charge in [-0.2, -0.15) is 11.8 Å². The van der Waals surface area contributed by atoms with Crippen LogP contribution in [0, 0.1) is 0 Å². The van der Waals surface area contributed by atoms with Crippen molar-refractivity contribution in [2.75, 3.05) is 5.75 Å². The zero-order valence-corrected chi connectivity index (χ0v) is 13.3. The van der Waals surface area contributed by atoms with Crippen LogP contribution in [0.2, 0.25) is 0 Å². The summed E-state index contributed by atoms with van der Waals surface area (Å²) in [5.74, 6) is 1.22. The maximum Gasteiger partial charge on any atom is 0.173 e. The van der Waals surface area contributed by atoms with Crippen molar-refractivity contribution in [3.8, 4) is 0 Å². The summed E-state index contributed by atoms with van der Waals surface area (Å²) in [6.45, 7) is 8.67. The second-order valence-corrected chi connectivity index (χ2v) is 9.02. The van der Waals surface area contributed by atoms with E-state index in [9.17, 15) is 4.79 Å². The van der Waals surface area contributed by atoms with E-state index in [1.54, 1.807) is 11.3 Å². The Kier molecular flexibility index (Phi) is 6.67. The average molecular weight is 289 g/mol. The fourth-order valence-corrected chi connectivity index (χ4v) is 4.41. The lowest BCUT2D eigenvalue weighted by molar-refractivity contribution is 0.0993. The molecule has 0 saturated heterocycles. The Bertz CT molecular complexity index is 355. The first-order valence-corrected chi connectivity index (χ1v) is 8.65. The predicted octanol–water partition coefficient (Wildman–Crippen LogP) is 4.96. The number of ketones is 1. The number of thiophene rings is 1. The molecule has 0 amide bonds. The van der Waals surface area contributed by atoms with Crippen molar-refractivity contribution >= 4 is 40.6 Å². The van der Waals surface area contributed by atoms with Crippen molar-refractivity contribution in [3.05, 3.63) is 17.0 Å². The maximum atomic E-state index is 11.9. The molecule has 1 nitrogen and oxygen atoms in total. The predicted molar refractivity (Wildman–Crippen MR) is 81.9 cm³/mol. The van der Waals surface area contributed by atoms with Gasteiger partial charge in [0.1, 0.15) is 0 Å². The summed E-state index contributed by atoms with van der Waals surface area (Å²) in [6, 6.07) is 4.04. The van der Waals surface area contributed by atoms with Crippen LogP contribution in [-0.2, 0) is 0 Å². The molecular formula is C13H20OS3. The van der Waals surface area contributed by atoms with Gasteiger partial charge in [0.25, 0.3) is 0 Å². The molecule has 0 saturated carbocycles. The molecular weight excluding hydrogens is 268 g/mol. The highest BCUT2D eigenvalue weighted by atomic mass is 32.2. The Hall–Kier alpha value is 0.0700. The van der Waals surface area contributed by atoms with Crippen molar-refractivity contribution in [1.29, 1.82) is 0 Å². The zero-order chi connectivity index (χ0) is 12.8. The maximum absolute atomic E-state index is 11.9. The number of rotatable bonds is 7. The van der Waals surface area contributed by atoms with Gasteiger partial charge in [0.2, 0.25) is 0 Å². The molecule has 1 aromatic rings. The molecule has 0 bridgehead atoms. The van der Waals surface area contributed by atoms with Gasteiger partial charge < -0.3 is 0 Å². The topological polar surface area (TPSA) is 17.1 Å². The quantitative estimate of drug-likeness (QED) is 0.521. The van der Waals surface area contributed by atoms with E-state index >= 15 is 0 Å². The van der Waals surface area contributed by atoms with Gasteiger partial charge in [-0.1, -0.05) is 27.7 Å². The van der Waals surface area contributed by atoms with Gasteiger partial charge in [0, 0.05) is 17.4 Å². The minimum atomic E-state index is 0.291.